The summed E-state index contributed by atoms with van der Waals surface area (Å²) in [5.41, 5.74) is 0.135. The highest BCUT2D eigenvalue weighted by molar-refractivity contribution is 7.89. The molecule has 0 saturated carbocycles. The zero-order valence-electron chi connectivity index (χ0n) is 20.3. The van der Waals surface area contributed by atoms with E-state index in [9.17, 15) is 17.6 Å². The first kappa shape index (κ1) is 25.7. The molecule has 1 heterocycles. The molecule has 4 aromatic rings. The Morgan fingerprint density at radius 3 is 2.37 bits per heavy atom. The summed E-state index contributed by atoms with van der Waals surface area (Å²) in [6.45, 7) is 0.769. The Hall–Kier alpha value is -3.99. The fraction of sp³-hybridized carbons (Fsp3) is 0.179. The molecule has 0 aromatic heterocycles. The van der Waals surface area contributed by atoms with Gasteiger partial charge in [0.25, 0.3) is 5.91 Å². The van der Waals surface area contributed by atoms with E-state index in [0.717, 1.165) is 10.8 Å². The molecule has 4 aromatic carbocycles. The smallest absolute Gasteiger partial charge is 0.262 e. The number of anilines is 1. The van der Waals surface area contributed by atoms with Crippen molar-refractivity contribution in [1.29, 1.82) is 0 Å². The van der Waals surface area contributed by atoms with Crippen molar-refractivity contribution in [3.63, 3.8) is 0 Å². The van der Waals surface area contributed by atoms with Crippen LogP contribution in [0.25, 0.3) is 10.8 Å². The number of nitrogens with one attached hydrogen (secondary N) is 1. The number of fused-ring (bicyclic) bond motifs is 1. The molecule has 0 aliphatic carbocycles. The third-order valence-corrected chi connectivity index (χ3v) is 7.86. The van der Waals surface area contributed by atoms with Crippen LogP contribution in [0.2, 0.25) is 0 Å². The summed E-state index contributed by atoms with van der Waals surface area (Å²) in [7, 11) is -3.83. The first-order valence-corrected chi connectivity index (χ1v) is 13.4. The van der Waals surface area contributed by atoms with Gasteiger partial charge in [0.1, 0.15) is 17.3 Å². The SMILES string of the molecule is O=C(COc1ccc2ccccc2c1)Nc1cc(S(=O)(=O)N2CCOCC2)ccc1Oc1ccc(F)cc1. The van der Waals surface area contributed by atoms with Gasteiger partial charge < -0.3 is 19.5 Å². The van der Waals surface area contributed by atoms with Crippen LogP contribution in [0.4, 0.5) is 10.1 Å². The molecular formula is C28H25FN2O6S. The van der Waals surface area contributed by atoms with Gasteiger partial charge in [0, 0.05) is 13.1 Å². The number of halogens is 1. The summed E-state index contributed by atoms with van der Waals surface area (Å²) in [6, 6.07) is 22.8. The number of carbonyl (C=O) groups is 1. The van der Waals surface area contributed by atoms with Crippen molar-refractivity contribution < 1.29 is 31.8 Å². The topological polar surface area (TPSA) is 94.2 Å². The van der Waals surface area contributed by atoms with Crippen molar-refractivity contribution in [3.05, 3.63) is 90.7 Å². The molecule has 1 amide bonds. The minimum Gasteiger partial charge on any atom is -0.484 e. The maximum Gasteiger partial charge on any atom is 0.262 e. The number of benzene rings is 4. The van der Waals surface area contributed by atoms with Crippen LogP contribution in [0.1, 0.15) is 0 Å². The first-order valence-electron chi connectivity index (χ1n) is 12.0. The number of ether oxygens (including phenoxy) is 3. The van der Waals surface area contributed by atoms with Gasteiger partial charge in [-0.3, -0.25) is 4.79 Å². The van der Waals surface area contributed by atoms with Gasteiger partial charge in [0.2, 0.25) is 10.0 Å². The molecule has 1 fully saturated rings. The Bertz CT molecular complexity index is 1550. The molecule has 196 valence electrons. The Morgan fingerprint density at radius 2 is 1.61 bits per heavy atom. The van der Waals surface area contributed by atoms with Crippen LogP contribution < -0.4 is 14.8 Å². The van der Waals surface area contributed by atoms with Gasteiger partial charge in [-0.15, -0.1) is 0 Å². The molecule has 0 radical (unpaired) electrons. The molecule has 1 saturated heterocycles. The predicted molar refractivity (Wildman–Crippen MR) is 141 cm³/mol. The molecule has 5 rings (SSSR count). The normalized spacial score (nSPS) is 14.2. The summed E-state index contributed by atoms with van der Waals surface area (Å²) < 4.78 is 57.9. The van der Waals surface area contributed by atoms with Crippen LogP contribution in [0.3, 0.4) is 0 Å². The second-order valence-corrected chi connectivity index (χ2v) is 10.5. The highest BCUT2D eigenvalue weighted by Crippen LogP contribution is 2.33. The lowest BCUT2D eigenvalue weighted by atomic mass is 10.1. The molecule has 38 heavy (non-hydrogen) atoms. The number of rotatable bonds is 8. The van der Waals surface area contributed by atoms with E-state index in [1.54, 1.807) is 6.07 Å². The van der Waals surface area contributed by atoms with Gasteiger partial charge in [-0.05, 0) is 65.4 Å². The van der Waals surface area contributed by atoms with E-state index >= 15 is 0 Å². The van der Waals surface area contributed by atoms with E-state index in [-0.39, 0.29) is 36.0 Å². The van der Waals surface area contributed by atoms with E-state index in [0.29, 0.717) is 24.7 Å². The Balaban J connectivity index is 1.37. The Morgan fingerprint density at radius 1 is 0.895 bits per heavy atom. The molecule has 0 atom stereocenters. The standard InChI is InChI=1S/C28H25FN2O6S/c29-22-6-9-23(10-7-22)37-27-12-11-25(38(33,34)31-13-15-35-16-14-31)18-26(27)30-28(32)19-36-24-8-5-20-3-1-2-4-21(20)17-24/h1-12,17-18H,13-16,19H2,(H,30,32). The lowest BCUT2D eigenvalue weighted by molar-refractivity contribution is -0.118. The van der Waals surface area contributed by atoms with Crippen molar-refractivity contribution in [2.45, 2.75) is 4.90 Å². The molecule has 0 spiro atoms. The molecule has 10 heteroatoms. The molecule has 1 aliphatic heterocycles. The second kappa shape index (κ2) is 11.2. The number of sulfonamides is 1. The fourth-order valence-corrected chi connectivity index (χ4v) is 5.45. The monoisotopic (exact) mass is 536 g/mol. The minimum absolute atomic E-state index is 0.00314. The minimum atomic E-state index is -3.83. The van der Waals surface area contributed by atoms with Crippen molar-refractivity contribution in [1.82, 2.24) is 4.31 Å². The zero-order valence-corrected chi connectivity index (χ0v) is 21.1. The average Bonchev–Trinajstić information content (AvgIpc) is 2.94. The number of hydrogen-bond donors (Lipinski definition) is 1. The second-order valence-electron chi connectivity index (χ2n) is 8.58. The van der Waals surface area contributed by atoms with Crippen LogP contribution in [0.5, 0.6) is 17.2 Å². The zero-order chi connectivity index (χ0) is 26.5. The molecular weight excluding hydrogens is 511 g/mol. The molecule has 1 aliphatic rings. The van der Waals surface area contributed by atoms with Crippen molar-refractivity contribution >= 4 is 32.4 Å². The van der Waals surface area contributed by atoms with Crippen molar-refractivity contribution in [2.75, 3.05) is 38.2 Å². The predicted octanol–water partition coefficient (Wildman–Crippen LogP) is 4.81. The van der Waals surface area contributed by atoms with E-state index in [1.165, 1.54) is 46.8 Å². The molecule has 1 N–H and O–H groups in total. The Labute approximate surface area is 219 Å². The van der Waals surface area contributed by atoms with Crippen LogP contribution in [0.15, 0.2) is 89.8 Å². The van der Waals surface area contributed by atoms with Crippen LogP contribution in [-0.2, 0) is 19.6 Å². The summed E-state index contributed by atoms with van der Waals surface area (Å²) in [5.74, 6) is 0.0895. The third-order valence-electron chi connectivity index (χ3n) is 5.97. The van der Waals surface area contributed by atoms with Gasteiger partial charge in [0.15, 0.2) is 12.4 Å². The molecule has 8 nitrogen and oxygen atoms in total. The van der Waals surface area contributed by atoms with Crippen LogP contribution >= 0.6 is 0 Å². The lowest BCUT2D eigenvalue weighted by Crippen LogP contribution is -2.40. The number of morpholine rings is 1. The van der Waals surface area contributed by atoms with E-state index in [4.69, 9.17) is 14.2 Å². The van der Waals surface area contributed by atoms with E-state index < -0.39 is 21.7 Å². The molecule has 0 unspecified atom stereocenters. The Kier molecular flexibility index (Phi) is 7.54. The van der Waals surface area contributed by atoms with E-state index in [2.05, 4.69) is 5.32 Å². The number of amides is 1. The summed E-state index contributed by atoms with van der Waals surface area (Å²) in [6.07, 6.45) is 0. The quantitative estimate of drug-likeness (QED) is 0.347. The largest absolute Gasteiger partial charge is 0.484 e. The number of carbonyl (C=O) groups excluding carboxylic acids is 1. The number of hydrogen-bond acceptors (Lipinski definition) is 6. The molecule has 0 bridgehead atoms. The maximum atomic E-state index is 13.3. The first-order chi connectivity index (χ1) is 18.4. The van der Waals surface area contributed by atoms with Gasteiger partial charge in [-0.25, -0.2) is 12.8 Å². The fourth-order valence-electron chi connectivity index (χ4n) is 4.01. The average molecular weight is 537 g/mol. The van der Waals surface area contributed by atoms with Gasteiger partial charge in [0.05, 0.1) is 23.8 Å². The summed E-state index contributed by atoms with van der Waals surface area (Å²) in [5, 5.41) is 4.71. The third kappa shape index (κ3) is 5.94. The maximum absolute atomic E-state index is 13.3. The van der Waals surface area contributed by atoms with Crippen molar-refractivity contribution in [3.8, 4) is 17.2 Å². The van der Waals surface area contributed by atoms with Crippen LogP contribution in [0, 0.1) is 5.82 Å². The highest BCUT2D eigenvalue weighted by Gasteiger charge is 2.27. The van der Waals surface area contributed by atoms with Crippen LogP contribution in [-0.4, -0.2) is 51.5 Å². The van der Waals surface area contributed by atoms with Gasteiger partial charge >= 0.3 is 0 Å². The van der Waals surface area contributed by atoms with Crippen molar-refractivity contribution in [2.24, 2.45) is 0 Å². The van der Waals surface area contributed by atoms with Gasteiger partial charge in [-0.1, -0.05) is 30.3 Å². The van der Waals surface area contributed by atoms with E-state index in [1.807, 2.05) is 36.4 Å². The van der Waals surface area contributed by atoms with Gasteiger partial charge in [-0.2, -0.15) is 4.31 Å². The highest BCUT2D eigenvalue weighted by atomic mass is 32.2. The summed E-state index contributed by atoms with van der Waals surface area (Å²) >= 11 is 0. The lowest BCUT2D eigenvalue weighted by Gasteiger charge is -2.26. The number of nitrogens with zero attached hydrogens (tertiary/aromatic N) is 1. The summed E-state index contributed by atoms with van der Waals surface area (Å²) in [4.78, 5) is 12.8.